The first-order valence-electron chi connectivity index (χ1n) is 7.65. The molecule has 0 radical (unpaired) electrons. The molecule has 7 heteroatoms. The van der Waals surface area contributed by atoms with Crippen molar-refractivity contribution in [2.45, 2.75) is 44.1 Å². The SMILES string of the molecule is COc1cc2c(cc1OC)[C@@H]1CC[C@@](C)(O)[C@@H]1CC2.[C-]#[O+].[C-]#[O+].[C-]#[O+].[Cr]. The Morgan fingerprint density at radius 2 is 1.50 bits per heavy atom. The Bertz CT molecular complexity index is 606. The molecule has 0 amide bonds. The number of rotatable bonds is 2. The minimum Gasteiger partial charge on any atom is 0 e. The van der Waals surface area contributed by atoms with E-state index in [4.69, 9.17) is 23.4 Å². The van der Waals surface area contributed by atoms with Crippen LogP contribution in [0.5, 0.6) is 11.5 Å². The number of hydrogen-bond donors (Lipinski definition) is 1. The van der Waals surface area contributed by atoms with Gasteiger partial charge in [0.15, 0.2) is 11.5 Å². The first-order chi connectivity index (χ1) is 12.1. The molecular formula is C19H22CrO6. The van der Waals surface area contributed by atoms with E-state index >= 15 is 0 Å². The average Bonchev–Trinajstić information content (AvgIpc) is 3.00. The van der Waals surface area contributed by atoms with E-state index in [0.717, 1.165) is 37.2 Å². The van der Waals surface area contributed by atoms with Crippen molar-refractivity contribution >= 4 is 0 Å². The Morgan fingerprint density at radius 1 is 1.00 bits per heavy atom. The third-order valence-electron chi connectivity index (χ3n) is 5.02. The smallest absolute Gasteiger partial charge is 0 e. The number of ether oxygens (including phenoxy) is 2. The number of benzene rings is 1. The first kappa shape index (κ1) is 26.8. The van der Waals surface area contributed by atoms with Crippen molar-refractivity contribution in [3.8, 4) is 11.5 Å². The summed E-state index contributed by atoms with van der Waals surface area (Å²) in [6.07, 6.45) is 4.06. The van der Waals surface area contributed by atoms with Gasteiger partial charge in [0.25, 0.3) is 0 Å². The molecule has 0 spiro atoms. The second kappa shape index (κ2) is 12.8. The third kappa shape index (κ3) is 5.51. The van der Waals surface area contributed by atoms with Crippen LogP contribution in [-0.4, -0.2) is 24.9 Å². The zero-order valence-electron chi connectivity index (χ0n) is 15.0. The molecule has 0 heterocycles. The predicted octanol–water partition coefficient (Wildman–Crippen LogP) is 2.78. The maximum absolute atomic E-state index is 10.5. The van der Waals surface area contributed by atoms with Gasteiger partial charge in [-0.25, -0.2) is 0 Å². The van der Waals surface area contributed by atoms with Crippen molar-refractivity contribution in [1.29, 1.82) is 0 Å². The van der Waals surface area contributed by atoms with Gasteiger partial charge < -0.3 is 14.6 Å². The summed E-state index contributed by atoms with van der Waals surface area (Å²) in [5.74, 6) is 2.47. The summed E-state index contributed by atoms with van der Waals surface area (Å²) in [4.78, 5) is 0. The first-order valence-corrected chi connectivity index (χ1v) is 7.65. The second-order valence-electron chi connectivity index (χ2n) is 6.05. The summed E-state index contributed by atoms with van der Waals surface area (Å²) in [5, 5.41) is 10.5. The van der Waals surface area contributed by atoms with Gasteiger partial charge in [-0.15, -0.1) is 0 Å². The van der Waals surface area contributed by atoms with Crippen molar-refractivity contribution < 1.29 is 45.9 Å². The molecule has 2 aliphatic rings. The van der Waals surface area contributed by atoms with E-state index in [1.807, 2.05) is 6.92 Å². The predicted molar refractivity (Wildman–Crippen MR) is 85.7 cm³/mol. The molecule has 1 aromatic carbocycles. The Hall–Kier alpha value is -1.47. The summed E-state index contributed by atoms with van der Waals surface area (Å²) in [6.45, 7) is 15.5. The van der Waals surface area contributed by atoms with Crippen LogP contribution in [0.2, 0.25) is 0 Å². The van der Waals surface area contributed by atoms with E-state index in [9.17, 15) is 5.11 Å². The summed E-state index contributed by atoms with van der Waals surface area (Å²) >= 11 is 0. The molecule has 0 aromatic heterocycles. The molecule has 0 aliphatic heterocycles. The topological polar surface area (TPSA) is 98.4 Å². The molecule has 1 N–H and O–H groups in total. The molecule has 0 bridgehead atoms. The number of hydrogen-bond acceptors (Lipinski definition) is 3. The zero-order chi connectivity index (χ0) is 19.6. The zero-order valence-corrected chi connectivity index (χ0v) is 16.3. The standard InChI is InChI=1S/C16H22O3.3CO.Cr/c1-16(17)7-6-11-12-9-15(19-3)14(18-2)8-10(12)4-5-13(11)16;3*1-2;/h8-9,11,13,17H,4-7H2,1-3H3;;;;/t11-,13+,16+;;;;/m0..../s1. The van der Waals surface area contributed by atoms with Crippen LogP contribution in [0.4, 0.5) is 0 Å². The molecule has 1 fully saturated rings. The van der Waals surface area contributed by atoms with Crippen LogP contribution in [0.15, 0.2) is 12.1 Å². The molecule has 6 nitrogen and oxygen atoms in total. The Labute approximate surface area is 165 Å². The fourth-order valence-electron chi connectivity index (χ4n) is 3.96. The van der Waals surface area contributed by atoms with E-state index in [2.05, 4.69) is 32.1 Å². The van der Waals surface area contributed by atoms with Gasteiger partial charge >= 0.3 is 33.9 Å². The van der Waals surface area contributed by atoms with Crippen LogP contribution in [0, 0.1) is 25.9 Å². The maximum atomic E-state index is 10.5. The monoisotopic (exact) mass is 398 g/mol. The van der Waals surface area contributed by atoms with Gasteiger partial charge in [0.2, 0.25) is 0 Å². The van der Waals surface area contributed by atoms with Crippen LogP contribution in [0.1, 0.15) is 43.2 Å². The van der Waals surface area contributed by atoms with Crippen molar-refractivity contribution in [2.24, 2.45) is 5.92 Å². The summed E-state index contributed by atoms with van der Waals surface area (Å²) in [7, 11) is 3.35. The molecule has 1 saturated carbocycles. The van der Waals surface area contributed by atoms with Crippen molar-refractivity contribution in [3.05, 3.63) is 43.2 Å². The van der Waals surface area contributed by atoms with Crippen molar-refractivity contribution in [1.82, 2.24) is 0 Å². The molecule has 0 unspecified atom stereocenters. The molecule has 140 valence electrons. The maximum Gasteiger partial charge on any atom is 0 e. The van der Waals surface area contributed by atoms with Gasteiger partial charge in [-0.05, 0) is 67.7 Å². The fourth-order valence-corrected chi connectivity index (χ4v) is 3.96. The second-order valence-corrected chi connectivity index (χ2v) is 6.05. The third-order valence-corrected chi connectivity index (χ3v) is 5.02. The largest absolute Gasteiger partial charge is 0 e. The van der Waals surface area contributed by atoms with Crippen LogP contribution in [-0.2, 0) is 37.7 Å². The Morgan fingerprint density at radius 3 is 2.00 bits per heavy atom. The van der Waals surface area contributed by atoms with E-state index in [-0.39, 0.29) is 17.4 Å². The Balaban J connectivity index is 0. The molecular weight excluding hydrogens is 376 g/mol. The van der Waals surface area contributed by atoms with Crippen LogP contribution in [0.3, 0.4) is 0 Å². The summed E-state index contributed by atoms with van der Waals surface area (Å²) in [6, 6.07) is 4.23. The van der Waals surface area contributed by atoms with Crippen LogP contribution in [0.25, 0.3) is 0 Å². The average molecular weight is 398 g/mol. The summed E-state index contributed by atoms with van der Waals surface area (Å²) in [5.41, 5.74) is 2.21. The molecule has 2 aliphatic carbocycles. The van der Waals surface area contributed by atoms with Gasteiger partial charge in [0.05, 0.1) is 19.8 Å². The molecule has 1 aromatic rings. The van der Waals surface area contributed by atoms with Gasteiger partial charge in [0.1, 0.15) is 0 Å². The van der Waals surface area contributed by atoms with E-state index in [1.54, 1.807) is 14.2 Å². The summed E-state index contributed by atoms with van der Waals surface area (Å²) < 4.78 is 33.3. The van der Waals surface area contributed by atoms with E-state index < -0.39 is 5.60 Å². The van der Waals surface area contributed by atoms with Gasteiger partial charge in [-0.2, -0.15) is 0 Å². The van der Waals surface area contributed by atoms with Gasteiger partial charge in [0, 0.05) is 17.4 Å². The minimum atomic E-state index is -0.504. The fraction of sp³-hybridized carbons (Fsp3) is 0.526. The molecule has 26 heavy (non-hydrogen) atoms. The van der Waals surface area contributed by atoms with Crippen molar-refractivity contribution in [3.63, 3.8) is 0 Å². The number of aliphatic hydroxyl groups is 1. The van der Waals surface area contributed by atoms with Gasteiger partial charge in [-0.3, -0.25) is 0 Å². The minimum absolute atomic E-state index is 0. The van der Waals surface area contributed by atoms with Crippen LogP contribution < -0.4 is 9.47 Å². The molecule has 3 rings (SSSR count). The van der Waals surface area contributed by atoms with E-state index in [0.29, 0.717) is 11.8 Å². The number of fused-ring (bicyclic) bond motifs is 3. The normalized spacial score (nSPS) is 24.1. The van der Waals surface area contributed by atoms with Crippen LogP contribution >= 0.6 is 0 Å². The Kier molecular flexibility index (Phi) is 13.2. The molecule has 0 saturated heterocycles. The van der Waals surface area contributed by atoms with Gasteiger partial charge in [-0.1, -0.05) is 0 Å². The van der Waals surface area contributed by atoms with E-state index in [1.165, 1.54) is 11.1 Å². The quantitative estimate of drug-likeness (QED) is 0.613. The molecule has 3 atom stereocenters. The van der Waals surface area contributed by atoms with Crippen molar-refractivity contribution in [2.75, 3.05) is 14.2 Å². The number of aryl methyl sites for hydroxylation is 1. The number of methoxy groups -OCH3 is 2.